The fraction of sp³-hybridized carbons (Fsp3) is 0.286. The van der Waals surface area contributed by atoms with Crippen LogP contribution in [0.3, 0.4) is 0 Å². The summed E-state index contributed by atoms with van der Waals surface area (Å²) in [5.74, 6) is 1.22. The topological polar surface area (TPSA) is 47.8 Å². The van der Waals surface area contributed by atoms with E-state index in [0.717, 1.165) is 42.6 Å². The Morgan fingerprint density at radius 1 is 0.760 bits per heavy atom. The van der Waals surface area contributed by atoms with Gasteiger partial charge in [0.15, 0.2) is 5.82 Å². The molecule has 0 aliphatic heterocycles. The van der Waals surface area contributed by atoms with Gasteiger partial charge in [0.25, 0.3) is 0 Å². The normalized spacial score (nSPS) is 15.2. The van der Waals surface area contributed by atoms with Gasteiger partial charge in [0.05, 0.1) is 0 Å². The summed E-state index contributed by atoms with van der Waals surface area (Å²) in [5.41, 5.74) is 1.64. The van der Waals surface area contributed by atoms with Crippen LogP contribution in [-0.4, -0.2) is 14.5 Å². The van der Waals surface area contributed by atoms with E-state index in [1.807, 2.05) is 65.2 Å². The molecular formula is C21H21N3O. The van der Waals surface area contributed by atoms with E-state index < -0.39 is 0 Å². The molecular weight excluding hydrogens is 310 g/mol. The molecule has 1 aliphatic rings. The van der Waals surface area contributed by atoms with Crippen molar-refractivity contribution in [3.8, 4) is 22.8 Å². The van der Waals surface area contributed by atoms with Crippen LogP contribution in [0.4, 0.5) is 0 Å². The van der Waals surface area contributed by atoms with Crippen LogP contribution in [0, 0.1) is 0 Å². The fourth-order valence-electron chi connectivity index (χ4n) is 3.59. The molecule has 1 aliphatic carbocycles. The average molecular weight is 331 g/mol. The molecule has 3 aromatic rings. The standard InChI is InChI=1S/C21H21N3O/c25-21-23-19(16-10-4-1-5-11-16)22-20(17-12-6-2-7-13-17)24(21)18-14-8-3-9-15-18/h1-2,4-7,10-13,18H,3,8-9,14-15H2. The molecule has 0 unspecified atom stereocenters. The summed E-state index contributed by atoms with van der Waals surface area (Å²) in [6.45, 7) is 0. The van der Waals surface area contributed by atoms with Crippen LogP contribution >= 0.6 is 0 Å². The summed E-state index contributed by atoms with van der Waals surface area (Å²) < 4.78 is 1.82. The second-order valence-corrected chi connectivity index (χ2v) is 6.55. The lowest BCUT2D eigenvalue weighted by Gasteiger charge is -2.25. The van der Waals surface area contributed by atoms with Gasteiger partial charge in [-0.05, 0) is 12.8 Å². The zero-order valence-corrected chi connectivity index (χ0v) is 14.1. The van der Waals surface area contributed by atoms with Crippen molar-refractivity contribution in [3.63, 3.8) is 0 Å². The van der Waals surface area contributed by atoms with Gasteiger partial charge in [0, 0.05) is 17.2 Å². The molecule has 1 saturated carbocycles. The number of hydrogen-bond donors (Lipinski definition) is 0. The van der Waals surface area contributed by atoms with E-state index in [1.54, 1.807) is 0 Å². The van der Waals surface area contributed by atoms with Crippen LogP contribution in [0.25, 0.3) is 22.8 Å². The van der Waals surface area contributed by atoms with Crippen molar-refractivity contribution in [2.45, 2.75) is 38.1 Å². The Labute approximate surface area is 147 Å². The van der Waals surface area contributed by atoms with Gasteiger partial charge in [0.2, 0.25) is 0 Å². The first-order valence-electron chi connectivity index (χ1n) is 8.94. The highest BCUT2D eigenvalue weighted by atomic mass is 16.1. The van der Waals surface area contributed by atoms with Crippen molar-refractivity contribution in [2.24, 2.45) is 0 Å². The fourth-order valence-corrected chi connectivity index (χ4v) is 3.59. The molecule has 0 spiro atoms. The molecule has 0 radical (unpaired) electrons. The molecule has 1 aromatic heterocycles. The Bertz CT molecular complexity index is 897. The summed E-state index contributed by atoms with van der Waals surface area (Å²) in [4.78, 5) is 22.0. The first-order chi connectivity index (χ1) is 12.3. The van der Waals surface area contributed by atoms with Gasteiger partial charge < -0.3 is 0 Å². The second kappa shape index (κ2) is 7.01. The van der Waals surface area contributed by atoms with Gasteiger partial charge in [-0.2, -0.15) is 4.98 Å². The molecule has 2 aromatic carbocycles. The van der Waals surface area contributed by atoms with Crippen molar-refractivity contribution in [1.82, 2.24) is 14.5 Å². The minimum absolute atomic E-state index is 0.195. The Morgan fingerprint density at radius 3 is 2.00 bits per heavy atom. The van der Waals surface area contributed by atoms with E-state index >= 15 is 0 Å². The van der Waals surface area contributed by atoms with Crippen LogP contribution in [0.1, 0.15) is 38.1 Å². The van der Waals surface area contributed by atoms with Gasteiger partial charge in [-0.15, -0.1) is 0 Å². The molecule has 4 nitrogen and oxygen atoms in total. The molecule has 0 N–H and O–H groups in total. The number of rotatable bonds is 3. The van der Waals surface area contributed by atoms with Gasteiger partial charge in [-0.1, -0.05) is 79.9 Å². The summed E-state index contributed by atoms with van der Waals surface area (Å²) >= 11 is 0. The van der Waals surface area contributed by atoms with Crippen molar-refractivity contribution < 1.29 is 0 Å². The summed E-state index contributed by atoms with van der Waals surface area (Å²) in [7, 11) is 0. The van der Waals surface area contributed by atoms with Crippen LogP contribution in [0.5, 0.6) is 0 Å². The molecule has 0 atom stereocenters. The van der Waals surface area contributed by atoms with Crippen LogP contribution < -0.4 is 5.69 Å². The lowest BCUT2D eigenvalue weighted by molar-refractivity contribution is 0.343. The van der Waals surface area contributed by atoms with Crippen LogP contribution in [-0.2, 0) is 0 Å². The highest BCUT2D eigenvalue weighted by molar-refractivity contribution is 5.60. The monoisotopic (exact) mass is 331 g/mol. The smallest absolute Gasteiger partial charge is 0.273 e. The van der Waals surface area contributed by atoms with Gasteiger partial charge >= 0.3 is 5.69 Å². The van der Waals surface area contributed by atoms with E-state index in [4.69, 9.17) is 4.98 Å². The predicted octanol–water partition coefficient (Wildman–Crippen LogP) is 4.48. The van der Waals surface area contributed by atoms with Crippen molar-refractivity contribution in [2.75, 3.05) is 0 Å². The molecule has 4 heteroatoms. The lowest BCUT2D eigenvalue weighted by atomic mass is 9.95. The van der Waals surface area contributed by atoms with Gasteiger partial charge in [-0.3, -0.25) is 4.57 Å². The van der Waals surface area contributed by atoms with Gasteiger partial charge in [0.1, 0.15) is 5.82 Å². The van der Waals surface area contributed by atoms with E-state index in [9.17, 15) is 4.79 Å². The van der Waals surface area contributed by atoms with Gasteiger partial charge in [-0.25, -0.2) is 9.78 Å². The maximum absolute atomic E-state index is 12.9. The first-order valence-corrected chi connectivity index (χ1v) is 8.94. The quantitative estimate of drug-likeness (QED) is 0.711. The summed E-state index contributed by atoms with van der Waals surface area (Å²) in [6.07, 6.45) is 5.61. The minimum atomic E-state index is -0.195. The number of benzene rings is 2. The third-order valence-electron chi connectivity index (χ3n) is 4.85. The Balaban J connectivity index is 1.90. The zero-order valence-electron chi connectivity index (χ0n) is 14.1. The number of aromatic nitrogens is 3. The minimum Gasteiger partial charge on any atom is -0.273 e. The van der Waals surface area contributed by atoms with E-state index in [1.165, 1.54) is 6.42 Å². The average Bonchev–Trinajstić information content (AvgIpc) is 2.69. The third-order valence-corrected chi connectivity index (χ3v) is 4.85. The zero-order chi connectivity index (χ0) is 17.1. The highest BCUT2D eigenvalue weighted by Gasteiger charge is 2.22. The molecule has 0 saturated heterocycles. The maximum Gasteiger partial charge on any atom is 0.351 e. The molecule has 1 heterocycles. The number of nitrogens with zero attached hydrogens (tertiary/aromatic N) is 3. The summed E-state index contributed by atoms with van der Waals surface area (Å²) in [5, 5.41) is 0. The SMILES string of the molecule is O=c1nc(-c2ccccc2)nc(-c2ccccc2)n1C1CCCCC1. The van der Waals surface area contributed by atoms with E-state index in [0.29, 0.717) is 5.82 Å². The Morgan fingerprint density at radius 2 is 1.36 bits per heavy atom. The molecule has 126 valence electrons. The van der Waals surface area contributed by atoms with Crippen LogP contribution in [0.2, 0.25) is 0 Å². The Kier molecular flexibility index (Phi) is 4.42. The first kappa shape index (κ1) is 15.8. The third kappa shape index (κ3) is 3.25. The van der Waals surface area contributed by atoms with Crippen molar-refractivity contribution in [3.05, 3.63) is 71.1 Å². The molecule has 25 heavy (non-hydrogen) atoms. The maximum atomic E-state index is 12.9. The molecule has 0 amide bonds. The lowest BCUT2D eigenvalue weighted by Crippen LogP contribution is -2.31. The number of hydrogen-bond acceptors (Lipinski definition) is 3. The second-order valence-electron chi connectivity index (χ2n) is 6.55. The van der Waals surface area contributed by atoms with Crippen molar-refractivity contribution in [1.29, 1.82) is 0 Å². The highest BCUT2D eigenvalue weighted by Crippen LogP contribution is 2.30. The Hall–Kier alpha value is -2.75. The molecule has 1 fully saturated rings. The predicted molar refractivity (Wildman–Crippen MR) is 99.3 cm³/mol. The van der Waals surface area contributed by atoms with E-state index in [-0.39, 0.29) is 11.7 Å². The van der Waals surface area contributed by atoms with E-state index in [2.05, 4.69) is 4.98 Å². The van der Waals surface area contributed by atoms with Crippen molar-refractivity contribution >= 4 is 0 Å². The largest absolute Gasteiger partial charge is 0.351 e. The molecule has 4 rings (SSSR count). The summed E-state index contributed by atoms with van der Waals surface area (Å²) in [6, 6.07) is 19.9. The molecule has 0 bridgehead atoms. The van der Waals surface area contributed by atoms with Crippen LogP contribution in [0.15, 0.2) is 65.5 Å².